The maximum atomic E-state index is 6.22. The van der Waals surface area contributed by atoms with Crippen LogP contribution in [0.15, 0.2) is 0 Å². The van der Waals surface area contributed by atoms with Crippen LogP contribution in [0, 0.1) is 11.8 Å². The third kappa shape index (κ3) is 3.72. The van der Waals surface area contributed by atoms with Gasteiger partial charge in [0, 0.05) is 12.6 Å². The maximum Gasteiger partial charge on any atom is 0.0685 e. The van der Waals surface area contributed by atoms with Crippen molar-refractivity contribution in [3.63, 3.8) is 0 Å². The first-order chi connectivity index (χ1) is 9.27. The summed E-state index contributed by atoms with van der Waals surface area (Å²) in [6.07, 6.45) is 13.7. The van der Waals surface area contributed by atoms with Gasteiger partial charge >= 0.3 is 0 Å². The summed E-state index contributed by atoms with van der Waals surface area (Å²) in [6.45, 7) is 4.72. The summed E-state index contributed by atoms with van der Waals surface area (Å²) in [5.41, 5.74) is 0.291. The van der Waals surface area contributed by atoms with Crippen molar-refractivity contribution in [2.75, 3.05) is 13.2 Å². The molecule has 3 rings (SSSR count). The van der Waals surface area contributed by atoms with E-state index in [0.717, 1.165) is 24.5 Å². The number of rotatable bonds is 5. The number of nitrogens with one attached hydrogen (secondary N) is 1. The molecule has 1 heterocycles. The van der Waals surface area contributed by atoms with Gasteiger partial charge in [0.05, 0.1) is 5.60 Å². The fraction of sp³-hybridized carbons (Fsp3) is 1.00. The van der Waals surface area contributed by atoms with Crippen molar-refractivity contribution >= 4 is 0 Å². The van der Waals surface area contributed by atoms with E-state index < -0.39 is 0 Å². The van der Waals surface area contributed by atoms with Crippen LogP contribution < -0.4 is 5.32 Å². The summed E-state index contributed by atoms with van der Waals surface area (Å²) in [5.74, 6) is 1.78. The molecule has 0 aromatic carbocycles. The molecule has 0 aromatic heterocycles. The van der Waals surface area contributed by atoms with Crippen molar-refractivity contribution in [2.45, 2.75) is 82.8 Å². The smallest absolute Gasteiger partial charge is 0.0685 e. The van der Waals surface area contributed by atoms with Gasteiger partial charge in [0.25, 0.3) is 0 Å². The average molecular weight is 265 g/mol. The van der Waals surface area contributed by atoms with Gasteiger partial charge in [-0.15, -0.1) is 0 Å². The Morgan fingerprint density at radius 2 is 1.95 bits per heavy atom. The predicted molar refractivity (Wildman–Crippen MR) is 79.3 cm³/mol. The van der Waals surface area contributed by atoms with Crippen molar-refractivity contribution in [2.24, 2.45) is 11.8 Å². The zero-order valence-corrected chi connectivity index (χ0v) is 12.6. The monoisotopic (exact) mass is 265 g/mol. The highest BCUT2D eigenvalue weighted by Crippen LogP contribution is 2.43. The zero-order chi connectivity index (χ0) is 13.1. The largest absolute Gasteiger partial charge is 0.375 e. The van der Waals surface area contributed by atoms with Crippen molar-refractivity contribution < 1.29 is 4.74 Å². The molecule has 3 aliphatic rings. The molecule has 2 unspecified atom stereocenters. The topological polar surface area (TPSA) is 21.3 Å². The Morgan fingerprint density at radius 3 is 2.68 bits per heavy atom. The molecule has 1 N–H and O–H groups in total. The second-order valence-electron chi connectivity index (χ2n) is 7.34. The molecule has 19 heavy (non-hydrogen) atoms. The van der Waals surface area contributed by atoms with Crippen molar-refractivity contribution in [1.82, 2.24) is 5.32 Å². The van der Waals surface area contributed by atoms with E-state index >= 15 is 0 Å². The summed E-state index contributed by atoms with van der Waals surface area (Å²) in [4.78, 5) is 0. The lowest BCUT2D eigenvalue weighted by Crippen LogP contribution is -2.43. The van der Waals surface area contributed by atoms with Crippen molar-refractivity contribution in [1.29, 1.82) is 0 Å². The molecule has 0 amide bonds. The highest BCUT2D eigenvalue weighted by molar-refractivity contribution is 4.91. The minimum Gasteiger partial charge on any atom is -0.375 e. The number of hydrogen-bond acceptors (Lipinski definition) is 2. The van der Waals surface area contributed by atoms with Crippen LogP contribution in [0.5, 0.6) is 0 Å². The van der Waals surface area contributed by atoms with E-state index in [4.69, 9.17) is 4.74 Å². The van der Waals surface area contributed by atoms with Crippen LogP contribution in [-0.4, -0.2) is 24.8 Å². The molecular formula is C17H31NO. The van der Waals surface area contributed by atoms with E-state index in [0.29, 0.717) is 5.60 Å². The molecule has 0 bridgehead atoms. The van der Waals surface area contributed by atoms with E-state index in [1.807, 2.05) is 0 Å². The number of ether oxygens (including phenoxy) is 1. The van der Waals surface area contributed by atoms with Gasteiger partial charge in [-0.25, -0.2) is 0 Å². The van der Waals surface area contributed by atoms with Crippen LogP contribution in [0.3, 0.4) is 0 Å². The van der Waals surface area contributed by atoms with Crippen LogP contribution in [-0.2, 0) is 4.74 Å². The average Bonchev–Trinajstić information content (AvgIpc) is 3.24. The van der Waals surface area contributed by atoms with Gasteiger partial charge in [-0.1, -0.05) is 26.2 Å². The first-order valence-electron chi connectivity index (χ1n) is 8.65. The second-order valence-corrected chi connectivity index (χ2v) is 7.34. The van der Waals surface area contributed by atoms with Gasteiger partial charge in [-0.2, -0.15) is 0 Å². The van der Waals surface area contributed by atoms with Gasteiger partial charge in [0.15, 0.2) is 0 Å². The molecule has 1 aliphatic heterocycles. The van der Waals surface area contributed by atoms with Crippen LogP contribution >= 0.6 is 0 Å². The summed E-state index contributed by atoms with van der Waals surface area (Å²) in [6, 6.07) is 0.867. The Kier molecular flexibility index (Phi) is 4.48. The van der Waals surface area contributed by atoms with E-state index in [9.17, 15) is 0 Å². The van der Waals surface area contributed by atoms with Crippen LogP contribution in [0.25, 0.3) is 0 Å². The molecule has 2 atom stereocenters. The molecule has 2 aliphatic carbocycles. The molecule has 2 nitrogen and oxygen atoms in total. The molecule has 0 aromatic rings. The van der Waals surface area contributed by atoms with Gasteiger partial charge in [-0.3, -0.25) is 0 Å². The quantitative estimate of drug-likeness (QED) is 0.814. The fourth-order valence-corrected chi connectivity index (χ4v) is 4.13. The Labute approximate surface area is 118 Å². The van der Waals surface area contributed by atoms with Gasteiger partial charge in [0.2, 0.25) is 0 Å². The first kappa shape index (κ1) is 13.9. The van der Waals surface area contributed by atoms with Crippen LogP contribution in [0.2, 0.25) is 0 Å². The van der Waals surface area contributed by atoms with Gasteiger partial charge in [0.1, 0.15) is 0 Å². The molecule has 1 spiro atoms. The summed E-state index contributed by atoms with van der Waals surface area (Å²) >= 11 is 0. The van der Waals surface area contributed by atoms with Crippen molar-refractivity contribution in [3.8, 4) is 0 Å². The predicted octanol–water partition coefficient (Wildman–Crippen LogP) is 3.89. The number of hydrogen-bond donors (Lipinski definition) is 1. The molecule has 2 heteroatoms. The van der Waals surface area contributed by atoms with E-state index in [2.05, 4.69) is 12.2 Å². The molecule has 3 fully saturated rings. The second kappa shape index (κ2) is 6.13. The standard InChI is InChI=1S/C17H31NO/c1-14(7-11-18-16-5-6-16)15-8-12-19-17(13-15)9-3-2-4-10-17/h14-16,18H,2-13H2,1H3. The lowest BCUT2D eigenvalue weighted by Gasteiger charge is -2.45. The minimum absolute atomic E-state index is 0.291. The highest BCUT2D eigenvalue weighted by Gasteiger charge is 2.39. The molecule has 0 radical (unpaired) electrons. The normalized spacial score (nSPS) is 32.4. The lowest BCUT2D eigenvalue weighted by atomic mass is 9.72. The third-order valence-corrected chi connectivity index (χ3v) is 5.71. The lowest BCUT2D eigenvalue weighted by molar-refractivity contribution is -0.124. The van der Waals surface area contributed by atoms with E-state index in [-0.39, 0.29) is 0 Å². The third-order valence-electron chi connectivity index (χ3n) is 5.71. The van der Waals surface area contributed by atoms with Crippen LogP contribution in [0.1, 0.15) is 71.1 Å². The fourth-order valence-electron chi connectivity index (χ4n) is 4.13. The molecule has 110 valence electrons. The van der Waals surface area contributed by atoms with E-state index in [1.165, 1.54) is 70.8 Å². The molecule has 2 saturated carbocycles. The Hall–Kier alpha value is -0.0800. The van der Waals surface area contributed by atoms with Crippen molar-refractivity contribution in [3.05, 3.63) is 0 Å². The Balaban J connectivity index is 1.45. The summed E-state index contributed by atoms with van der Waals surface area (Å²) < 4.78 is 6.22. The highest BCUT2D eigenvalue weighted by atomic mass is 16.5. The van der Waals surface area contributed by atoms with Gasteiger partial charge in [-0.05, 0) is 63.3 Å². The zero-order valence-electron chi connectivity index (χ0n) is 12.6. The van der Waals surface area contributed by atoms with Gasteiger partial charge < -0.3 is 10.1 Å². The first-order valence-corrected chi connectivity index (χ1v) is 8.65. The summed E-state index contributed by atoms with van der Waals surface area (Å²) in [7, 11) is 0. The van der Waals surface area contributed by atoms with E-state index in [1.54, 1.807) is 0 Å². The SMILES string of the molecule is CC(CCNC1CC1)C1CCOC2(CCCCC2)C1. The molecular weight excluding hydrogens is 234 g/mol. The summed E-state index contributed by atoms with van der Waals surface area (Å²) in [5, 5.41) is 3.67. The maximum absolute atomic E-state index is 6.22. The minimum atomic E-state index is 0.291. The van der Waals surface area contributed by atoms with Crippen LogP contribution in [0.4, 0.5) is 0 Å². The molecule has 1 saturated heterocycles. The Bertz CT molecular complexity index is 275. The Morgan fingerprint density at radius 1 is 1.16 bits per heavy atom.